The minimum Gasteiger partial charge on any atom is -0.480 e. The molecule has 0 radical (unpaired) electrons. The zero-order valence-corrected chi connectivity index (χ0v) is 18.8. The van der Waals surface area contributed by atoms with Gasteiger partial charge in [0.15, 0.2) is 0 Å². The summed E-state index contributed by atoms with van der Waals surface area (Å²) in [7, 11) is 0. The number of halogens is 2. The highest BCUT2D eigenvalue weighted by atomic mass is 35.5. The number of amides is 1. The van der Waals surface area contributed by atoms with Crippen LogP contribution in [-0.4, -0.2) is 29.6 Å². The SMILES string of the molecule is O=C(CC(NCCC(c1cccc(Cl)c1)c1cccc(Cl)c1)C(=O)O)Nc1ccccc1. The van der Waals surface area contributed by atoms with Crippen LogP contribution in [0.4, 0.5) is 5.69 Å². The molecule has 1 atom stereocenters. The van der Waals surface area contributed by atoms with Gasteiger partial charge in [-0.15, -0.1) is 0 Å². The molecule has 5 nitrogen and oxygen atoms in total. The van der Waals surface area contributed by atoms with Crippen molar-refractivity contribution in [3.63, 3.8) is 0 Å². The first kappa shape index (κ1) is 23.8. The Hall–Kier alpha value is -2.86. The molecule has 0 fully saturated rings. The van der Waals surface area contributed by atoms with Crippen LogP contribution in [0, 0.1) is 0 Å². The number of hydrogen-bond acceptors (Lipinski definition) is 3. The summed E-state index contributed by atoms with van der Waals surface area (Å²) < 4.78 is 0. The van der Waals surface area contributed by atoms with Crippen LogP contribution in [0.15, 0.2) is 78.9 Å². The third kappa shape index (κ3) is 7.09. The topological polar surface area (TPSA) is 78.4 Å². The molecule has 0 saturated heterocycles. The predicted molar refractivity (Wildman–Crippen MR) is 128 cm³/mol. The van der Waals surface area contributed by atoms with Crippen LogP contribution in [0.2, 0.25) is 10.0 Å². The Kier molecular flexibility index (Phi) is 8.68. The molecule has 3 aromatic rings. The lowest BCUT2D eigenvalue weighted by molar-refractivity contribution is -0.141. The first-order valence-electron chi connectivity index (χ1n) is 10.2. The molecule has 0 spiro atoms. The van der Waals surface area contributed by atoms with Gasteiger partial charge in [-0.1, -0.05) is 65.7 Å². The molecule has 3 N–H and O–H groups in total. The summed E-state index contributed by atoms with van der Waals surface area (Å²) in [5.41, 5.74) is 2.65. The molecular formula is C25H24Cl2N2O3. The maximum Gasteiger partial charge on any atom is 0.321 e. The summed E-state index contributed by atoms with van der Waals surface area (Å²) in [5.74, 6) is -1.47. The fourth-order valence-corrected chi connectivity index (χ4v) is 3.94. The lowest BCUT2D eigenvalue weighted by Gasteiger charge is -2.21. The van der Waals surface area contributed by atoms with Crippen LogP contribution in [0.5, 0.6) is 0 Å². The summed E-state index contributed by atoms with van der Waals surface area (Å²) >= 11 is 12.4. The monoisotopic (exact) mass is 470 g/mol. The van der Waals surface area contributed by atoms with Gasteiger partial charge in [-0.05, 0) is 60.5 Å². The Labute approximate surface area is 197 Å². The Morgan fingerprint density at radius 2 is 1.44 bits per heavy atom. The lowest BCUT2D eigenvalue weighted by atomic mass is 9.88. The third-order valence-corrected chi connectivity index (χ3v) is 5.54. The zero-order valence-electron chi connectivity index (χ0n) is 17.3. The van der Waals surface area contributed by atoms with E-state index in [1.165, 1.54) is 0 Å². The normalized spacial score (nSPS) is 11.8. The van der Waals surface area contributed by atoms with Crippen molar-refractivity contribution in [1.82, 2.24) is 5.32 Å². The predicted octanol–water partition coefficient (Wildman–Crippen LogP) is 5.59. The second-order valence-electron chi connectivity index (χ2n) is 7.41. The number of carbonyl (C=O) groups is 2. The number of nitrogens with one attached hydrogen (secondary N) is 2. The lowest BCUT2D eigenvalue weighted by Crippen LogP contribution is -2.40. The maximum absolute atomic E-state index is 12.3. The van der Waals surface area contributed by atoms with Crippen molar-refractivity contribution >= 4 is 40.8 Å². The fourth-order valence-electron chi connectivity index (χ4n) is 3.54. The maximum atomic E-state index is 12.3. The number of para-hydroxylation sites is 1. The Morgan fingerprint density at radius 3 is 1.97 bits per heavy atom. The van der Waals surface area contributed by atoms with Gasteiger partial charge < -0.3 is 15.7 Å². The summed E-state index contributed by atoms with van der Waals surface area (Å²) in [5, 5.41) is 16.6. The van der Waals surface area contributed by atoms with Crippen molar-refractivity contribution in [3.8, 4) is 0 Å². The van der Waals surface area contributed by atoms with E-state index >= 15 is 0 Å². The molecule has 0 heterocycles. The van der Waals surface area contributed by atoms with Crippen LogP contribution in [0.3, 0.4) is 0 Å². The van der Waals surface area contributed by atoms with Crippen molar-refractivity contribution in [3.05, 3.63) is 100 Å². The third-order valence-electron chi connectivity index (χ3n) is 5.07. The van der Waals surface area contributed by atoms with Crippen LogP contribution < -0.4 is 10.6 Å². The standard InChI is InChI=1S/C25H24Cl2N2O3/c26-19-8-4-6-17(14-19)22(18-7-5-9-20(27)15-18)12-13-28-23(25(31)32)16-24(30)29-21-10-2-1-3-11-21/h1-11,14-15,22-23,28H,12-13,16H2,(H,29,30)(H,31,32). The molecule has 1 amide bonds. The van der Waals surface area contributed by atoms with Gasteiger partial charge in [0.25, 0.3) is 0 Å². The van der Waals surface area contributed by atoms with E-state index in [1.54, 1.807) is 24.3 Å². The molecule has 0 aliphatic heterocycles. The van der Waals surface area contributed by atoms with Crippen molar-refractivity contribution in [2.45, 2.75) is 24.8 Å². The van der Waals surface area contributed by atoms with Crippen molar-refractivity contribution < 1.29 is 14.7 Å². The molecule has 0 aliphatic rings. The van der Waals surface area contributed by atoms with Crippen molar-refractivity contribution in [2.24, 2.45) is 0 Å². The molecule has 7 heteroatoms. The average Bonchev–Trinajstić information content (AvgIpc) is 2.76. The van der Waals surface area contributed by atoms with Gasteiger partial charge in [0, 0.05) is 21.7 Å². The van der Waals surface area contributed by atoms with Gasteiger partial charge in [0.1, 0.15) is 6.04 Å². The van der Waals surface area contributed by atoms with Gasteiger partial charge in [-0.2, -0.15) is 0 Å². The number of aliphatic carboxylic acids is 1. The smallest absolute Gasteiger partial charge is 0.321 e. The minimum absolute atomic E-state index is 0.0347. The van der Waals surface area contributed by atoms with Crippen LogP contribution >= 0.6 is 23.2 Å². The van der Waals surface area contributed by atoms with E-state index < -0.39 is 12.0 Å². The highest BCUT2D eigenvalue weighted by molar-refractivity contribution is 6.31. The summed E-state index contributed by atoms with van der Waals surface area (Å²) in [6.45, 7) is 0.388. The molecular weight excluding hydrogens is 447 g/mol. The molecule has 0 aromatic heterocycles. The molecule has 3 rings (SSSR count). The quantitative estimate of drug-likeness (QED) is 0.360. The molecule has 0 bridgehead atoms. The number of hydrogen-bond donors (Lipinski definition) is 3. The van der Waals surface area contributed by atoms with Crippen LogP contribution in [-0.2, 0) is 9.59 Å². The molecule has 0 saturated carbocycles. The number of carbonyl (C=O) groups excluding carboxylic acids is 1. The second kappa shape index (κ2) is 11.7. The van der Waals surface area contributed by atoms with Crippen LogP contribution in [0.1, 0.15) is 29.9 Å². The largest absolute Gasteiger partial charge is 0.480 e. The van der Waals surface area contributed by atoms with Gasteiger partial charge in [0.2, 0.25) is 5.91 Å². The van der Waals surface area contributed by atoms with Crippen molar-refractivity contribution in [1.29, 1.82) is 0 Å². The minimum atomic E-state index is -1.07. The average molecular weight is 471 g/mol. The van der Waals surface area contributed by atoms with Crippen molar-refractivity contribution in [2.75, 3.05) is 11.9 Å². The van der Waals surface area contributed by atoms with E-state index in [-0.39, 0.29) is 18.2 Å². The number of carboxylic acids is 1. The fraction of sp³-hybridized carbons (Fsp3) is 0.200. The summed E-state index contributed by atoms with van der Waals surface area (Å²) in [6.07, 6.45) is 0.425. The van der Waals surface area contributed by atoms with Gasteiger partial charge in [-0.3, -0.25) is 9.59 Å². The number of carboxylic acid groups (broad SMARTS) is 1. The van der Waals surface area contributed by atoms with Crippen LogP contribution in [0.25, 0.3) is 0 Å². The van der Waals surface area contributed by atoms with E-state index in [1.807, 2.05) is 54.6 Å². The van der Waals surface area contributed by atoms with E-state index in [4.69, 9.17) is 23.2 Å². The zero-order chi connectivity index (χ0) is 22.9. The summed E-state index contributed by atoms with van der Waals surface area (Å²) in [6, 6.07) is 23.1. The van der Waals surface area contributed by atoms with E-state index in [0.717, 1.165) is 11.1 Å². The van der Waals surface area contributed by atoms with Gasteiger partial charge >= 0.3 is 5.97 Å². The molecule has 3 aromatic carbocycles. The second-order valence-corrected chi connectivity index (χ2v) is 8.29. The molecule has 32 heavy (non-hydrogen) atoms. The Balaban J connectivity index is 1.66. The van der Waals surface area contributed by atoms with E-state index in [9.17, 15) is 14.7 Å². The van der Waals surface area contributed by atoms with E-state index in [2.05, 4.69) is 10.6 Å². The molecule has 0 aliphatic carbocycles. The van der Waals surface area contributed by atoms with Gasteiger partial charge in [-0.25, -0.2) is 0 Å². The number of benzene rings is 3. The van der Waals surface area contributed by atoms with E-state index in [0.29, 0.717) is 28.7 Å². The van der Waals surface area contributed by atoms with Gasteiger partial charge in [0.05, 0.1) is 6.42 Å². The Morgan fingerprint density at radius 1 is 0.844 bits per heavy atom. The molecule has 1 unspecified atom stereocenters. The Bertz CT molecular complexity index is 1010. The number of anilines is 1. The molecule has 166 valence electrons. The first-order valence-corrected chi connectivity index (χ1v) is 11.0. The highest BCUT2D eigenvalue weighted by Crippen LogP contribution is 2.30. The highest BCUT2D eigenvalue weighted by Gasteiger charge is 2.22. The number of rotatable bonds is 10. The first-order chi connectivity index (χ1) is 15.4. The summed E-state index contributed by atoms with van der Waals surface area (Å²) in [4.78, 5) is 24.0.